The highest BCUT2D eigenvalue weighted by molar-refractivity contribution is 9.10. The van der Waals surface area contributed by atoms with Crippen molar-refractivity contribution in [2.75, 3.05) is 12.9 Å². The fourth-order valence-corrected chi connectivity index (χ4v) is 4.37. The van der Waals surface area contributed by atoms with Crippen LogP contribution < -0.4 is 10.1 Å². The maximum Gasteiger partial charge on any atom is 0.251 e. The molecule has 1 aliphatic heterocycles. The first-order valence-electron chi connectivity index (χ1n) is 7.48. The monoisotopic (exact) mass is 443 g/mol. The average Bonchev–Trinajstić information content (AvgIpc) is 2.54. The molecule has 1 aliphatic rings. The van der Waals surface area contributed by atoms with Gasteiger partial charge in [0.2, 0.25) is 0 Å². The summed E-state index contributed by atoms with van der Waals surface area (Å²) < 4.78 is 30.1. The summed E-state index contributed by atoms with van der Waals surface area (Å²) in [6.07, 6.45) is 1.68. The number of hydrogen-bond donors (Lipinski definition) is 1. The molecule has 1 unspecified atom stereocenters. The lowest BCUT2D eigenvalue weighted by Gasteiger charge is -2.27. The second-order valence-corrected chi connectivity index (χ2v) is 9.07. The fraction of sp³-hybridized carbons (Fsp3) is 0.235. The van der Waals surface area contributed by atoms with Crippen LogP contribution in [0.3, 0.4) is 0 Å². The summed E-state index contributed by atoms with van der Waals surface area (Å²) in [6.45, 7) is 0.495. The summed E-state index contributed by atoms with van der Waals surface area (Å²) in [6, 6.07) is 9.64. The quantitative estimate of drug-likeness (QED) is 0.782. The lowest BCUT2D eigenvalue weighted by Crippen LogP contribution is -2.32. The SMILES string of the molecule is CS(=O)(=O)c1cc(C(=O)NC2CCOc3ccc(Br)cc32)ccc1Cl. The second-order valence-electron chi connectivity index (χ2n) is 5.76. The highest BCUT2D eigenvalue weighted by Crippen LogP contribution is 2.34. The van der Waals surface area contributed by atoms with Crippen molar-refractivity contribution in [2.24, 2.45) is 0 Å². The topological polar surface area (TPSA) is 72.5 Å². The first-order chi connectivity index (χ1) is 11.8. The number of rotatable bonds is 3. The number of carbonyl (C=O) groups is 1. The van der Waals surface area contributed by atoms with Crippen molar-refractivity contribution in [3.8, 4) is 5.75 Å². The van der Waals surface area contributed by atoms with E-state index in [9.17, 15) is 13.2 Å². The van der Waals surface area contributed by atoms with Crippen molar-refractivity contribution < 1.29 is 17.9 Å². The van der Waals surface area contributed by atoms with E-state index in [0.717, 1.165) is 22.0 Å². The Morgan fingerprint density at radius 3 is 2.76 bits per heavy atom. The minimum Gasteiger partial charge on any atom is -0.493 e. The number of fused-ring (bicyclic) bond motifs is 1. The Balaban J connectivity index is 1.88. The van der Waals surface area contributed by atoms with Gasteiger partial charge >= 0.3 is 0 Å². The Morgan fingerprint density at radius 2 is 2.04 bits per heavy atom. The summed E-state index contributed by atoms with van der Waals surface area (Å²) in [4.78, 5) is 12.5. The van der Waals surface area contributed by atoms with E-state index in [2.05, 4.69) is 21.2 Å². The van der Waals surface area contributed by atoms with Gasteiger partial charge in [-0.3, -0.25) is 4.79 Å². The van der Waals surface area contributed by atoms with Crippen molar-refractivity contribution in [1.29, 1.82) is 0 Å². The molecule has 5 nitrogen and oxygen atoms in total. The third-order valence-electron chi connectivity index (χ3n) is 3.91. The average molecular weight is 445 g/mol. The molecule has 1 amide bonds. The van der Waals surface area contributed by atoms with Gasteiger partial charge in [-0.15, -0.1) is 0 Å². The molecule has 8 heteroatoms. The van der Waals surface area contributed by atoms with Crippen LogP contribution in [0.25, 0.3) is 0 Å². The van der Waals surface area contributed by atoms with Gasteiger partial charge in [-0.1, -0.05) is 27.5 Å². The molecule has 0 spiro atoms. The van der Waals surface area contributed by atoms with Crippen molar-refractivity contribution in [2.45, 2.75) is 17.4 Å². The smallest absolute Gasteiger partial charge is 0.251 e. The van der Waals surface area contributed by atoms with E-state index in [0.29, 0.717) is 13.0 Å². The van der Waals surface area contributed by atoms with Gasteiger partial charge in [-0.05, 0) is 36.4 Å². The van der Waals surface area contributed by atoms with Crippen LogP contribution in [0.5, 0.6) is 5.75 Å². The molecular weight excluding hydrogens is 430 g/mol. The molecule has 0 saturated carbocycles. The molecule has 0 saturated heterocycles. The highest BCUT2D eigenvalue weighted by Gasteiger charge is 2.24. The molecule has 0 radical (unpaired) electrons. The molecule has 3 rings (SSSR count). The van der Waals surface area contributed by atoms with Crippen LogP contribution in [0.1, 0.15) is 28.4 Å². The maximum atomic E-state index is 12.6. The number of nitrogens with one attached hydrogen (secondary N) is 1. The van der Waals surface area contributed by atoms with E-state index < -0.39 is 9.84 Å². The van der Waals surface area contributed by atoms with Crippen LogP contribution >= 0.6 is 27.5 Å². The van der Waals surface area contributed by atoms with E-state index in [-0.39, 0.29) is 27.4 Å². The Morgan fingerprint density at radius 1 is 1.28 bits per heavy atom. The Kier molecular flexibility index (Phi) is 5.09. The minimum atomic E-state index is -3.52. The first kappa shape index (κ1) is 18.2. The zero-order chi connectivity index (χ0) is 18.2. The van der Waals surface area contributed by atoms with E-state index >= 15 is 0 Å². The second kappa shape index (κ2) is 6.97. The standard InChI is InChI=1S/C17H15BrClNO4S/c1-25(22,23)16-8-10(2-4-13(16)19)17(21)20-14-6-7-24-15-5-3-11(18)9-12(14)15/h2-5,8-9,14H,6-7H2,1H3,(H,20,21). The van der Waals surface area contributed by atoms with Gasteiger partial charge in [-0.2, -0.15) is 0 Å². The highest BCUT2D eigenvalue weighted by atomic mass is 79.9. The maximum absolute atomic E-state index is 12.6. The molecule has 2 aromatic rings. The molecule has 0 aliphatic carbocycles. The summed E-state index contributed by atoms with van der Waals surface area (Å²) in [5, 5.41) is 3.04. The lowest BCUT2D eigenvalue weighted by atomic mass is 10.00. The van der Waals surface area contributed by atoms with E-state index in [4.69, 9.17) is 16.3 Å². The molecular formula is C17H15BrClNO4S. The van der Waals surface area contributed by atoms with Crippen LogP contribution in [0, 0.1) is 0 Å². The van der Waals surface area contributed by atoms with E-state index in [1.807, 2.05) is 18.2 Å². The van der Waals surface area contributed by atoms with Crippen molar-refractivity contribution in [3.05, 3.63) is 57.0 Å². The van der Waals surface area contributed by atoms with Gasteiger partial charge in [0.15, 0.2) is 9.84 Å². The summed E-state index contributed by atoms with van der Waals surface area (Å²) >= 11 is 9.35. The largest absolute Gasteiger partial charge is 0.493 e. The molecule has 0 fully saturated rings. The van der Waals surface area contributed by atoms with Crippen LogP contribution in [-0.2, 0) is 9.84 Å². The molecule has 0 bridgehead atoms. The number of hydrogen-bond acceptors (Lipinski definition) is 4. The summed E-state index contributed by atoms with van der Waals surface area (Å²) in [5.74, 6) is 0.368. The molecule has 2 aromatic carbocycles. The zero-order valence-electron chi connectivity index (χ0n) is 13.3. The van der Waals surface area contributed by atoms with Crippen LogP contribution in [0.2, 0.25) is 5.02 Å². The van der Waals surface area contributed by atoms with Gasteiger partial charge in [0.05, 0.1) is 22.6 Å². The van der Waals surface area contributed by atoms with Crippen LogP contribution in [0.4, 0.5) is 0 Å². The number of sulfone groups is 1. The van der Waals surface area contributed by atoms with Gasteiger partial charge < -0.3 is 10.1 Å². The van der Waals surface area contributed by atoms with Crippen molar-refractivity contribution >= 4 is 43.3 Å². The molecule has 25 heavy (non-hydrogen) atoms. The van der Waals surface area contributed by atoms with Gasteiger partial charge in [0.25, 0.3) is 5.91 Å². The number of benzene rings is 2. The number of amides is 1. The number of halogens is 2. The number of ether oxygens (including phenoxy) is 1. The predicted molar refractivity (Wildman–Crippen MR) is 99.0 cm³/mol. The summed E-state index contributed by atoms with van der Waals surface area (Å²) in [7, 11) is -3.52. The molecule has 1 atom stereocenters. The zero-order valence-corrected chi connectivity index (χ0v) is 16.4. The van der Waals surface area contributed by atoms with E-state index in [1.54, 1.807) is 0 Å². The van der Waals surface area contributed by atoms with Crippen LogP contribution in [-0.4, -0.2) is 27.2 Å². The normalized spacial score (nSPS) is 16.7. The van der Waals surface area contributed by atoms with Gasteiger partial charge in [0, 0.05) is 28.3 Å². The van der Waals surface area contributed by atoms with E-state index in [1.165, 1.54) is 18.2 Å². The Labute approximate surface area is 159 Å². The molecule has 0 aromatic heterocycles. The third kappa shape index (κ3) is 3.99. The fourth-order valence-electron chi connectivity index (χ4n) is 2.69. The molecule has 132 valence electrons. The minimum absolute atomic E-state index is 0.0584. The Bertz CT molecular complexity index is 946. The number of carbonyl (C=O) groups excluding carboxylic acids is 1. The Hall–Kier alpha value is -1.57. The summed E-state index contributed by atoms with van der Waals surface area (Å²) in [5.41, 5.74) is 1.12. The van der Waals surface area contributed by atoms with Crippen molar-refractivity contribution in [1.82, 2.24) is 5.32 Å². The van der Waals surface area contributed by atoms with Crippen molar-refractivity contribution in [3.63, 3.8) is 0 Å². The predicted octanol–water partition coefficient (Wildman–Crippen LogP) is 3.76. The molecule has 1 heterocycles. The first-order valence-corrected chi connectivity index (χ1v) is 10.5. The molecule has 1 N–H and O–H groups in total. The third-order valence-corrected chi connectivity index (χ3v) is 5.98. The van der Waals surface area contributed by atoms with Crippen LogP contribution in [0.15, 0.2) is 45.8 Å². The van der Waals surface area contributed by atoms with Gasteiger partial charge in [-0.25, -0.2) is 8.42 Å². The van der Waals surface area contributed by atoms with Gasteiger partial charge in [0.1, 0.15) is 5.75 Å². The lowest BCUT2D eigenvalue weighted by molar-refractivity contribution is 0.0924.